The zero-order chi connectivity index (χ0) is 16.5. The smallest absolute Gasteiger partial charge is 0.387 e. The Morgan fingerprint density at radius 1 is 1.27 bits per heavy atom. The highest BCUT2D eigenvalue weighted by Gasteiger charge is 2.07. The Hall–Kier alpha value is -1.69. The molecule has 1 unspecified atom stereocenters. The Morgan fingerprint density at radius 2 is 1.91 bits per heavy atom. The molecule has 0 spiro atoms. The van der Waals surface area contributed by atoms with Gasteiger partial charge in [-0.05, 0) is 37.5 Å². The first-order valence-electron chi connectivity index (χ1n) is 7.35. The number of nitrogens with one attached hydrogen (secondary N) is 1. The summed E-state index contributed by atoms with van der Waals surface area (Å²) in [5.41, 5.74) is 1.07. The van der Waals surface area contributed by atoms with E-state index in [0.717, 1.165) is 18.4 Å². The molecule has 1 aromatic carbocycles. The molecule has 1 atom stereocenters. The molecular formula is C16H24F2N2O2. The molecule has 0 fully saturated rings. The molecule has 124 valence electrons. The first-order valence-corrected chi connectivity index (χ1v) is 7.35. The molecule has 0 aromatic heterocycles. The van der Waals surface area contributed by atoms with E-state index in [0.29, 0.717) is 13.0 Å². The average Bonchev–Trinajstić information content (AvgIpc) is 2.45. The predicted octanol–water partition coefficient (Wildman–Crippen LogP) is 2.68. The number of amides is 1. The van der Waals surface area contributed by atoms with Crippen molar-refractivity contribution in [2.24, 2.45) is 0 Å². The lowest BCUT2D eigenvalue weighted by Crippen LogP contribution is -2.31. The first-order chi connectivity index (χ1) is 10.4. The molecule has 0 heterocycles. The van der Waals surface area contributed by atoms with Crippen LogP contribution in [0.15, 0.2) is 24.3 Å². The van der Waals surface area contributed by atoms with Crippen LogP contribution in [0.1, 0.15) is 25.3 Å². The number of benzene rings is 1. The van der Waals surface area contributed by atoms with Crippen molar-refractivity contribution in [2.45, 2.75) is 38.8 Å². The van der Waals surface area contributed by atoms with E-state index in [4.69, 9.17) is 0 Å². The second-order valence-electron chi connectivity index (χ2n) is 5.45. The summed E-state index contributed by atoms with van der Waals surface area (Å²) in [5.74, 6) is 0.279. The largest absolute Gasteiger partial charge is 0.435 e. The van der Waals surface area contributed by atoms with Crippen molar-refractivity contribution in [1.82, 2.24) is 10.2 Å². The third-order valence-electron chi connectivity index (χ3n) is 3.35. The molecule has 6 heteroatoms. The second-order valence-corrected chi connectivity index (χ2v) is 5.45. The zero-order valence-electron chi connectivity index (χ0n) is 13.3. The van der Waals surface area contributed by atoms with Gasteiger partial charge in [-0.1, -0.05) is 12.1 Å². The lowest BCUT2D eigenvalue weighted by molar-refractivity contribution is -0.128. The van der Waals surface area contributed by atoms with Gasteiger partial charge < -0.3 is 15.0 Å². The van der Waals surface area contributed by atoms with Gasteiger partial charge in [0.05, 0.1) is 0 Å². The van der Waals surface area contributed by atoms with Crippen molar-refractivity contribution in [3.05, 3.63) is 29.8 Å². The van der Waals surface area contributed by atoms with Crippen molar-refractivity contribution in [3.63, 3.8) is 0 Å². The molecule has 1 N–H and O–H groups in total. The minimum atomic E-state index is -2.79. The van der Waals surface area contributed by atoms with Gasteiger partial charge in [-0.3, -0.25) is 4.79 Å². The molecule has 0 aliphatic heterocycles. The number of hydrogen-bond donors (Lipinski definition) is 1. The fourth-order valence-corrected chi connectivity index (χ4v) is 1.97. The molecule has 0 aliphatic rings. The molecule has 4 nitrogen and oxygen atoms in total. The number of nitrogens with zero attached hydrogens (tertiary/aromatic N) is 1. The van der Waals surface area contributed by atoms with E-state index in [-0.39, 0.29) is 17.7 Å². The van der Waals surface area contributed by atoms with Crippen LogP contribution in [0.2, 0.25) is 0 Å². The highest BCUT2D eigenvalue weighted by Crippen LogP contribution is 2.16. The van der Waals surface area contributed by atoms with Gasteiger partial charge in [0, 0.05) is 33.1 Å². The number of aryl methyl sites for hydroxylation is 1. The van der Waals surface area contributed by atoms with E-state index in [2.05, 4.69) is 17.0 Å². The Labute approximate surface area is 130 Å². The zero-order valence-corrected chi connectivity index (χ0v) is 13.3. The minimum Gasteiger partial charge on any atom is -0.435 e. The molecular weight excluding hydrogens is 290 g/mol. The Bertz CT molecular complexity index is 450. The van der Waals surface area contributed by atoms with Crippen molar-refractivity contribution >= 4 is 5.91 Å². The van der Waals surface area contributed by atoms with E-state index >= 15 is 0 Å². The van der Waals surface area contributed by atoms with Crippen molar-refractivity contribution < 1.29 is 18.3 Å². The molecule has 1 rings (SSSR count). The second kappa shape index (κ2) is 9.35. The quantitative estimate of drug-likeness (QED) is 0.762. The summed E-state index contributed by atoms with van der Waals surface area (Å²) in [6.07, 6.45) is 2.23. The van der Waals surface area contributed by atoms with Crippen LogP contribution < -0.4 is 10.1 Å². The van der Waals surface area contributed by atoms with Crippen LogP contribution in [0.4, 0.5) is 8.78 Å². The number of halogens is 2. The molecule has 0 radical (unpaired) electrons. The summed E-state index contributed by atoms with van der Waals surface area (Å²) < 4.78 is 28.4. The normalized spacial score (nSPS) is 12.3. The summed E-state index contributed by atoms with van der Waals surface area (Å²) in [6.45, 7) is -0.0757. The molecule has 1 amide bonds. The average molecular weight is 314 g/mol. The molecule has 22 heavy (non-hydrogen) atoms. The maximum atomic E-state index is 12.0. The van der Waals surface area contributed by atoms with Crippen molar-refractivity contribution in [1.29, 1.82) is 0 Å². The number of ether oxygens (including phenoxy) is 1. The van der Waals surface area contributed by atoms with E-state index in [1.165, 1.54) is 0 Å². The lowest BCUT2D eigenvalue weighted by Gasteiger charge is -2.15. The van der Waals surface area contributed by atoms with E-state index in [1.807, 2.05) is 0 Å². The number of rotatable bonds is 9. The Morgan fingerprint density at radius 3 is 2.45 bits per heavy atom. The first kappa shape index (κ1) is 18.4. The third-order valence-corrected chi connectivity index (χ3v) is 3.35. The van der Waals surface area contributed by atoms with E-state index in [1.54, 1.807) is 43.3 Å². The summed E-state index contributed by atoms with van der Waals surface area (Å²) in [7, 11) is 3.49. The maximum Gasteiger partial charge on any atom is 0.387 e. The summed E-state index contributed by atoms with van der Waals surface area (Å²) in [6, 6.07) is 6.97. The molecule has 0 bridgehead atoms. The monoisotopic (exact) mass is 314 g/mol. The topological polar surface area (TPSA) is 41.6 Å². The van der Waals surface area contributed by atoms with Crippen LogP contribution in [-0.4, -0.2) is 44.1 Å². The summed E-state index contributed by atoms with van der Waals surface area (Å²) >= 11 is 0. The van der Waals surface area contributed by atoms with Gasteiger partial charge in [-0.2, -0.15) is 8.78 Å². The fourth-order valence-electron chi connectivity index (χ4n) is 1.97. The van der Waals surface area contributed by atoms with Gasteiger partial charge >= 0.3 is 6.61 Å². The minimum absolute atomic E-state index is 0.106. The molecule has 0 saturated heterocycles. The molecule has 1 aromatic rings. The molecule has 0 aliphatic carbocycles. The van der Waals surface area contributed by atoms with Gasteiger partial charge in [-0.25, -0.2) is 0 Å². The number of carbonyl (C=O) groups is 1. The van der Waals surface area contributed by atoms with Gasteiger partial charge in [0.25, 0.3) is 0 Å². The fraction of sp³-hybridized carbons (Fsp3) is 0.562. The van der Waals surface area contributed by atoms with Crippen molar-refractivity contribution in [2.75, 3.05) is 20.6 Å². The SMILES string of the molecule is CC(CCc1ccc(OC(F)F)cc1)NCCC(=O)N(C)C. The lowest BCUT2D eigenvalue weighted by atomic mass is 10.1. The van der Waals surface area contributed by atoms with E-state index in [9.17, 15) is 13.6 Å². The van der Waals surface area contributed by atoms with E-state index < -0.39 is 6.61 Å². The van der Waals surface area contributed by atoms with Gasteiger partial charge in [0.2, 0.25) is 5.91 Å². The summed E-state index contributed by atoms with van der Waals surface area (Å²) in [4.78, 5) is 13.0. The van der Waals surface area contributed by atoms with Crippen LogP contribution in [0.3, 0.4) is 0 Å². The number of alkyl halides is 2. The maximum absolute atomic E-state index is 12.0. The highest BCUT2D eigenvalue weighted by molar-refractivity contribution is 5.75. The van der Waals surface area contributed by atoms with Crippen LogP contribution in [0.5, 0.6) is 5.75 Å². The van der Waals surface area contributed by atoms with Crippen LogP contribution >= 0.6 is 0 Å². The highest BCUT2D eigenvalue weighted by atomic mass is 19.3. The van der Waals surface area contributed by atoms with Crippen LogP contribution in [-0.2, 0) is 11.2 Å². The number of hydrogen-bond acceptors (Lipinski definition) is 3. The standard InChI is InChI=1S/C16H24F2N2O2/c1-12(19-11-10-15(21)20(2)3)4-5-13-6-8-14(9-7-13)22-16(17)18/h6-9,12,16,19H,4-5,10-11H2,1-3H3. The number of carbonyl (C=O) groups excluding carboxylic acids is 1. The van der Waals surface area contributed by atoms with Crippen LogP contribution in [0.25, 0.3) is 0 Å². The third kappa shape index (κ3) is 7.36. The predicted molar refractivity (Wildman–Crippen MR) is 82.2 cm³/mol. The molecule has 0 saturated carbocycles. The van der Waals surface area contributed by atoms with Crippen molar-refractivity contribution in [3.8, 4) is 5.75 Å². The van der Waals surface area contributed by atoms with Crippen LogP contribution in [0, 0.1) is 0 Å². The van der Waals surface area contributed by atoms with Gasteiger partial charge in [0.15, 0.2) is 0 Å². The van der Waals surface area contributed by atoms with Gasteiger partial charge in [-0.15, -0.1) is 0 Å². The van der Waals surface area contributed by atoms with Gasteiger partial charge in [0.1, 0.15) is 5.75 Å². The Kier molecular flexibility index (Phi) is 7.80. The Balaban J connectivity index is 2.26. The summed E-state index contributed by atoms with van der Waals surface area (Å²) in [5, 5.41) is 3.30.